The molecule has 2 heterocycles. The maximum atomic E-state index is 12.6. The average Bonchev–Trinajstić information content (AvgIpc) is 2.80. The summed E-state index contributed by atoms with van der Waals surface area (Å²) in [5.41, 5.74) is 1.52. The van der Waals surface area contributed by atoms with Crippen molar-refractivity contribution >= 4 is 16.9 Å². The molecule has 6 nitrogen and oxygen atoms in total. The maximum Gasteiger partial charge on any atom is 0.329 e. The van der Waals surface area contributed by atoms with Crippen LogP contribution < -0.4 is 11.0 Å². The van der Waals surface area contributed by atoms with Crippen LogP contribution in [0.5, 0.6) is 0 Å². The van der Waals surface area contributed by atoms with Crippen molar-refractivity contribution in [1.82, 2.24) is 19.4 Å². The number of rotatable bonds is 3. The Balaban J connectivity index is 1.86. The molecule has 1 aliphatic rings. The van der Waals surface area contributed by atoms with Crippen LogP contribution in [0.3, 0.4) is 0 Å². The smallest absolute Gasteiger partial charge is 0.329 e. The number of nitrogens with zero attached hydrogens (tertiary/aromatic N) is 3. The van der Waals surface area contributed by atoms with E-state index in [-0.39, 0.29) is 18.1 Å². The highest BCUT2D eigenvalue weighted by molar-refractivity contribution is 5.81. The minimum atomic E-state index is -0.142. The Morgan fingerprint density at radius 2 is 2.05 bits per heavy atom. The van der Waals surface area contributed by atoms with Crippen LogP contribution in [0.4, 0.5) is 0 Å². The van der Waals surface area contributed by atoms with Crippen LogP contribution in [0.2, 0.25) is 0 Å². The highest BCUT2D eigenvalue weighted by Crippen LogP contribution is 2.14. The normalized spacial score (nSPS) is 18.8. The minimum Gasteiger partial charge on any atom is -0.340 e. The molecule has 1 saturated heterocycles. The van der Waals surface area contributed by atoms with Crippen LogP contribution in [-0.4, -0.2) is 46.1 Å². The van der Waals surface area contributed by atoms with Gasteiger partial charge in [0, 0.05) is 26.2 Å². The molecule has 0 radical (unpaired) electrons. The summed E-state index contributed by atoms with van der Waals surface area (Å²) in [5.74, 6) is 0.0124. The van der Waals surface area contributed by atoms with Crippen molar-refractivity contribution in [2.45, 2.75) is 25.4 Å². The fraction of sp³-hybridized carbons (Fsp3) is 0.500. The quantitative estimate of drug-likeness (QED) is 0.901. The van der Waals surface area contributed by atoms with Gasteiger partial charge in [-0.1, -0.05) is 12.1 Å². The van der Waals surface area contributed by atoms with Crippen molar-refractivity contribution in [2.75, 3.05) is 20.1 Å². The third-order valence-electron chi connectivity index (χ3n) is 4.53. The lowest BCUT2D eigenvalue weighted by atomic mass is 10.1. The zero-order valence-corrected chi connectivity index (χ0v) is 13.1. The summed E-state index contributed by atoms with van der Waals surface area (Å²) in [6.07, 6.45) is 2.09. The second-order valence-corrected chi connectivity index (χ2v) is 5.88. The highest BCUT2D eigenvalue weighted by Gasteiger charge is 2.23. The number of likely N-dealkylation sites (tertiary alicyclic amines) is 1. The summed E-state index contributed by atoms with van der Waals surface area (Å²) in [5, 5.41) is 3.23. The fourth-order valence-corrected chi connectivity index (χ4v) is 3.19. The van der Waals surface area contributed by atoms with E-state index in [0.717, 1.165) is 37.0 Å². The lowest BCUT2D eigenvalue weighted by Gasteiger charge is -2.32. The molecular weight excluding hydrogens is 280 g/mol. The van der Waals surface area contributed by atoms with Gasteiger partial charge in [-0.3, -0.25) is 13.9 Å². The standard InChI is InChI=1S/C16H22N4O2/c1-17-12-6-5-9-19(10-12)15(21)11-20-14-8-4-3-7-13(14)18(2)16(20)22/h3-4,7-8,12,17H,5-6,9-11H2,1-2H3. The minimum absolute atomic E-state index is 0.0124. The van der Waals surface area contributed by atoms with E-state index >= 15 is 0 Å². The summed E-state index contributed by atoms with van der Waals surface area (Å²) >= 11 is 0. The lowest BCUT2D eigenvalue weighted by Crippen LogP contribution is -2.48. The second-order valence-electron chi connectivity index (χ2n) is 5.88. The van der Waals surface area contributed by atoms with E-state index in [1.54, 1.807) is 16.2 Å². The average molecular weight is 302 g/mol. The second kappa shape index (κ2) is 5.96. The van der Waals surface area contributed by atoms with E-state index in [0.29, 0.717) is 6.04 Å². The number of nitrogens with one attached hydrogen (secondary N) is 1. The molecule has 1 aromatic carbocycles. The van der Waals surface area contributed by atoms with Crippen LogP contribution in [-0.2, 0) is 18.4 Å². The molecule has 0 aliphatic carbocycles. The summed E-state index contributed by atoms with van der Waals surface area (Å²) in [6, 6.07) is 7.92. The van der Waals surface area contributed by atoms with E-state index in [4.69, 9.17) is 0 Å². The number of amides is 1. The van der Waals surface area contributed by atoms with Crippen molar-refractivity contribution in [1.29, 1.82) is 0 Å². The van der Waals surface area contributed by atoms with Gasteiger partial charge >= 0.3 is 5.69 Å². The first-order valence-electron chi connectivity index (χ1n) is 7.71. The Morgan fingerprint density at radius 1 is 1.32 bits per heavy atom. The molecule has 3 rings (SSSR count). The number of hydrogen-bond donors (Lipinski definition) is 1. The van der Waals surface area contributed by atoms with Gasteiger partial charge in [0.25, 0.3) is 0 Å². The first kappa shape index (κ1) is 14.8. The van der Waals surface area contributed by atoms with Crippen LogP contribution in [0.1, 0.15) is 12.8 Å². The molecule has 1 aromatic heterocycles. The number of piperidine rings is 1. The van der Waals surface area contributed by atoms with Crippen LogP contribution >= 0.6 is 0 Å². The van der Waals surface area contributed by atoms with Crippen LogP contribution in [0.25, 0.3) is 11.0 Å². The highest BCUT2D eigenvalue weighted by atomic mass is 16.2. The molecule has 1 aliphatic heterocycles. The molecule has 2 aromatic rings. The van der Waals surface area contributed by atoms with Gasteiger partial charge in [-0.2, -0.15) is 0 Å². The Morgan fingerprint density at radius 3 is 2.77 bits per heavy atom. The fourth-order valence-electron chi connectivity index (χ4n) is 3.19. The van der Waals surface area contributed by atoms with E-state index < -0.39 is 0 Å². The van der Waals surface area contributed by atoms with E-state index in [9.17, 15) is 9.59 Å². The lowest BCUT2D eigenvalue weighted by molar-refractivity contribution is -0.133. The van der Waals surface area contributed by atoms with E-state index in [1.165, 1.54) is 0 Å². The first-order valence-corrected chi connectivity index (χ1v) is 7.71. The Hall–Kier alpha value is -2.08. The molecule has 0 bridgehead atoms. The first-order chi connectivity index (χ1) is 10.6. The van der Waals surface area contributed by atoms with Gasteiger partial charge in [-0.05, 0) is 32.0 Å². The number of carbonyl (C=O) groups excluding carboxylic acids is 1. The summed E-state index contributed by atoms with van der Waals surface area (Å²) < 4.78 is 3.16. The molecule has 6 heteroatoms. The molecule has 1 unspecified atom stereocenters. The van der Waals surface area contributed by atoms with E-state index in [2.05, 4.69) is 5.32 Å². The molecule has 0 spiro atoms. The molecule has 1 fully saturated rings. The van der Waals surface area contributed by atoms with E-state index in [1.807, 2.05) is 36.2 Å². The zero-order chi connectivity index (χ0) is 15.7. The number of para-hydroxylation sites is 2. The summed E-state index contributed by atoms with van der Waals surface area (Å²) in [7, 11) is 3.66. The Kier molecular flexibility index (Phi) is 4.02. The van der Waals surface area contributed by atoms with Crippen molar-refractivity contribution in [2.24, 2.45) is 7.05 Å². The predicted octanol–water partition coefficient (Wildman–Crippen LogP) is 0.550. The topological polar surface area (TPSA) is 59.3 Å². The number of hydrogen-bond acceptors (Lipinski definition) is 3. The molecule has 0 saturated carbocycles. The summed E-state index contributed by atoms with van der Waals surface area (Å²) in [6.45, 7) is 1.60. The predicted molar refractivity (Wildman–Crippen MR) is 85.8 cm³/mol. The monoisotopic (exact) mass is 302 g/mol. The van der Waals surface area contributed by atoms with Gasteiger partial charge in [0.2, 0.25) is 5.91 Å². The van der Waals surface area contributed by atoms with Gasteiger partial charge in [-0.15, -0.1) is 0 Å². The van der Waals surface area contributed by atoms with Gasteiger partial charge in [0.15, 0.2) is 0 Å². The molecule has 1 atom stereocenters. The molecular formula is C16H22N4O2. The molecule has 22 heavy (non-hydrogen) atoms. The molecule has 1 amide bonds. The SMILES string of the molecule is CNC1CCCN(C(=O)Cn2c(=O)n(C)c3ccccc32)C1. The van der Waals surface area contributed by atoms with Crippen LogP contribution in [0.15, 0.2) is 29.1 Å². The summed E-state index contributed by atoms with van der Waals surface area (Å²) in [4.78, 5) is 26.8. The van der Waals surface area contributed by atoms with Crippen molar-refractivity contribution in [3.63, 3.8) is 0 Å². The Labute approximate surface area is 129 Å². The third-order valence-corrected chi connectivity index (χ3v) is 4.53. The van der Waals surface area contributed by atoms with Crippen molar-refractivity contribution in [3.8, 4) is 0 Å². The van der Waals surface area contributed by atoms with Gasteiger partial charge in [0.1, 0.15) is 6.54 Å². The van der Waals surface area contributed by atoms with Crippen LogP contribution in [0, 0.1) is 0 Å². The number of imidazole rings is 1. The largest absolute Gasteiger partial charge is 0.340 e. The number of benzene rings is 1. The molecule has 1 N–H and O–H groups in total. The zero-order valence-electron chi connectivity index (χ0n) is 13.1. The maximum absolute atomic E-state index is 12.6. The Bertz CT molecular complexity index is 746. The number of likely N-dealkylation sites (N-methyl/N-ethyl adjacent to an activating group) is 1. The van der Waals surface area contributed by atoms with Gasteiger partial charge in [-0.25, -0.2) is 4.79 Å². The van der Waals surface area contributed by atoms with Crippen molar-refractivity contribution in [3.05, 3.63) is 34.7 Å². The molecule has 118 valence electrons. The van der Waals surface area contributed by atoms with Gasteiger partial charge < -0.3 is 10.2 Å². The number of carbonyl (C=O) groups is 1. The van der Waals surface area contributed by atoms with Crippen molar-refractivity contribution < 1.29 is 4.79 Å². The number of fused-ring (bicyclic) bond motifs is 1. The third kappa shape index (κ3) is 2.54. The number of aryl methyl sites for hydroxylation is 1. The number of aromatic nitrogens is 2. The van der Waals surface area contributed by atoms with Gasteiger partial charge in [0.05, 0.1) is 11.0 Å².